The minimum atomic E-state index is -2.58. The van der Waals surface area contributed by atoms with Crippen molar-refractivity contribution in [2.75, 3.05) is 57.8 Å². The SMILES string of the molecule is CN1CC/C=C/[C@H](OCCCN2CC(F)(F)C2)[C@@H]2CC[C@H]2CN2CCCCc3cc(Cl)ccc3COc3ccc(cc32)[C@@](O)(C(=O)O)CC1=O. The second-order valence-electron chi connectivity index (χ2n) is 14.4. The highest BCUT2D eigenvalue weighted by molar-refractivity contribution is 6.30. The number of benzene rings is 2. The molecule has 2 fully saturated rings. The highest BCUT2D eigenvalue weighted by atomic mass is 35.5. The normalized spacial score (nSPS) is 28.2. The summed E-state index contributed by atoms with van der Waals surface area (Å²) in [5.41, 5.74) is 0.526. The van der Waals surface area contributed by atoms with Crippen molar-refractivity contribution in [3.05, 3.63) is 70.3 Å². The first kappa shape index (κ1) is 36.5. The zero-order chi connectivity index (χ0) is 35.5. The quantitative estimate of drug-likeness (QED) is 0.282. The molecule has 2 N–H and O–H groups in total. The maximum Gasteiger partial charge on any atom is 0.340 e. The lowest BCUT2D eigenvalue weighted by Crippen LogP contribution is -2.56. The Kier molecular flexibility index (Phi) is 11.4. The number of aliphatic carboxylic acids is 1. The van der Waals surface area contributed by atoms with Gasteiger partial charge in [-0.1, -0.05) is 35.9 Å². The van der Waals surface area contributed by atoms with E-state index in [1.807, 2.05) is 24.3 Å². The topological polar surface area (TPSA) is 103 Å². The van der Waals surface area contributed by atoms with Crippen molar-refractivity contribution in [2.24, 2.45) is 11.8 Å². The van der Waals surface area contributed by atoms with Crippen molar-refractivity contribution in [2.45, 2.75) is 75.6 Å². The van der Waals surface area contributed by atoms with Crippen molar-refractivity contribution in [3.63, 3.8) is 0 Å². The van der Waals surface area contributed by atoms with E-state index >= 15 is 0 Å². The maximum absolute atomic E-state index is 13.3. The van der Waals surface area contributed by atoms with Crippen LogP contribution in [0.1, 0.15) is 61.6 Å². The number of carboxylic acids is 1. The number of anilines is 1. The molecule has 272 valence electrons. The monoisotopic (exact) mass is 715 g/mol. The smallest absolute Gasteiger partial charge is 0.340 e. The Morgan fingerprint density at radius 2 is 1.92 bits per heavy atom. The van der Waals surface area contributed by atoms with Crippen LogP contribution in [0.15, 0.2) is 48.6 Å². The van der Waals surface area contributed by atoms with Gasteiger partial charge in [-0.2, -0.15) is 0 Å². The van der Waals surface area contributed by atoms with E-state index in [0.29, 0.717) is 68.7 Å². The molecule has 0 aromatic heterocycles. The molecule has 1 saturated carbocycles. The van der Waals surface area contributed by atoms with Gasteiger partial charge in [-0.25, -0.2) is 13.6 Å². The number of rotatable bonds is 6. The van der Waals surface area contributed by atoms with Crippen molar-refractivity contribution in [1.29, 1.82) is 0 Å². The molecule has 4 aliphatic rings. The predicted octanol–water partition coefficient (Wildman–Crippen LogP) is 5.89. The van der Waals surface area contributed by atoms with E-state index in [-0.39, 0.29) is 36.6 Å². The summed E-state index contributed by atoms with van der Waals surface area (Å²) in [5.74, 6) is -3.50. The fourth-order valence-corrected chi connectivity index (χ4v) is 7.80. The molecule has 2 aromatic carbocycles. The number of hydrogen-bond acceptors (Lipinski definition) is 7. The Hall–Kier alpha value is -3.25. The molecule has 50 heavy (non-hydrogen) atoms. The van der Waals surface area contributed by atoms with Crippen LogP contribution in [-0.4, -0.2) is 96.8 Å². The van der Waals surface area contributed by atoms with Gasteiger partial charge in [0.25, 0.3) is 5.92 Å². The Balaban J connectivity index is 1.30. The fourth-order valence-electron chi connectivity index (χ4n) is 7.61. The van der Waals surface area contributed by atoms with Gasteiger partial charge in [0.05, 0.1) is 31.3 Å². The van der Waals surface area contributed by atoms with Crippen LogP contribution in [-0.2, 0) is 33.0 Å². The lowest BCUT2D eigenvalue weighted by Gasteiger charge is -2.44. The van der Waals surface area contributed by atoms with Gasteiger partial charge < -0.3 is 29.5 Å². The van der Waals surface area contributed by atoms with Gasteiger partial charge >= 0.3 is 5.97 Å². The molecule has 1 aliphatic carbocycles. The first-order valence-corrected chi connectivity index (χ1v) is 18.2. The van der Waals surface area contributed by atoms with Crippen LogP contribution in [0.3, 0.4) is 0 Å². The summed E-state index contributed by atoms with van der Waals surface area (Å²) >= 11 is 6.35. The van der Waals surface area contributed by atoms with Crippen LogP contribution in [0.4, 0.5) is 14.5 Å². The molecule has 12 heteroatoms. The van der Waals surface area contributed by atoms with Crippen LogP contribution in [0.5, 0.6) is 5.75 Å². The Morgan fingerprint density at radius 1 is 1.10 bits per heavy atom. The summed E-state index contributed by atoms with van der Waals surface area (Å²) in [5, 5.41) is 22.6. The number of carbonyl (C=O) groups is 2. The molecule has 0 unspecified atom stereocenters. The highest BCUT2D eigenvalue weighted by Crippen LogP contribution is 2.43. The molecule has 0 spiro atoms. The van der Waals surface area contributed by atoms with Crippen molar-refractivity contribution in [1.82, 2.24) is 9.80 Å². The summed E-state index contributed by atoms with van der Waals surface area (Å²) in [6.07, 6.45) is 9.05. The molecule has 1 saturated heterocycles. The van der Waals surface area contributed by atoms with Gasteiger partial charge in [0.15, 0.2) is 5.60 Å². The average Bonchev–Trinajstić information content (AvgIpc) is 3.08. The minimum absolute atomic E-state index is 0.125. The van der Waals surface area contributed by atoms with Gasteiger partial charge in [-0.3, -0.25) is 9.69 Å². The molecule has 3 aliphatic heterocycles. The second kappa shape index (κ2) is 15.6. The summed E-state index contributed by atoms with van der Waals surface area (Å²) in [6, 6.07) is 10.7. The molecule has 1 amide bonds. The Labute approximate surface area is 297 Å². The molecule has 6 rings (SSSR count). The first-order valence-electron chi connectivity index (χ1n) is 17.8. The lowest BCUT2D eigenvalue weighted by molar-refractivity contribution is -0.164. The molecule has 3 heterocycles. The molecule has 2 bridgehead atoms. The number of aryl methyl sites for hydroxylation is 1. The number of fused-ring (bicyclic) bond motifs is 3. The van der Waals surface area contributed by atoms with E-state index in [4.69, 9.17) is 21.1 Å². The zero-order valence-corrected chi connectivity index (χ0v) is 29.4. The number of carbonyl (C=O) groups excluding carboxylic acids is 1. The van der Waals surface area contributed by atoms with E-state index in [9.17, 15) is 28.6 Å². The number of nitrogens with zero attached hydrogens (tertiary/aromatic N) is 3. The Bertz CT molecular complexity index is 1570. The summed E-state index contributed by atoms with van der Waals surface area (Å²) < 4.78 is 39.5. The van der Waals surface area contributed by atoms with Crippen LogP contribution >= 0.6 is 11.6 Å². The Morgan fingerprint density at radius 3 is 2.66 bits per heavy atom. The van der Waals surface area contributed by atoms with Crippen molar-refractivity contribution < 1.29 is 38.1 Å². The number of hydrogen-bond donors (Lipinski definition) is 2. The van der Waals surface area contributed by atoms with Gasteiger partial charge in [-0.15, -0.1) is 0 Å². The highest BCUT2D eigenvalue weighted by Gasteiger charge is 2.44. The third kappa shape index (κ3) is 8.44. The molecular weight excluding hydrogens is 668 g/mol. The maximum atomic E-state index is 13.3. The summed E-state index contributed by atoms with van der Waals surface area (Å²) in [6.45, 7) is 2.62. The van der Waals surface area contributed by atoms with Gasteiger partial charge in [0.1, 0.15) is 12.4 Å². The first-order chi connectivity index (χ1) is 23.9. The number of halogens is 3. The van der Waals surface area contributed by atoms with E-state index in [1.165, 1.54) is 4.90 Å². The number of likely N-dealkylation sites (tertiary alicyclic amines) is 1. The minimum Gasteiger partial charge on any atom is -0.487 e. The molecular formula is C38H48ClF2N3O6. The summed E-state index contributed by atoms with van der Waals surface area (Å²) in [4.78, 5) is 31.4. The van der Waals surface area contributed by atoms with Crippen LogP contribution < -0.4 is 9.64 Å². The third-order valence-electron chi connectivity index (χ3n) is 10.8. The fraction of sp³-hybridized carbons (Fsp3) is 0.579. The summed E-state index contributed by atoms with van der Waals surface area (Å²) in [7, 11) is 1.60. The molecule has 4 atom stereocenters. The standard InChI is InChI=1S/C38H48ClF2N3O6/c1-42-15-4-3-8-33(49-18-6-16-43-24-37(40,41)25-43)31-13-10-27(31)22-44-17-5-2-7-26-19-30(39)12-9-28(26)23-50-34-14-11-29(20-32(34)44)38(48,36(46)47)21-35(42)45/h3,8-9,11-12,14,19-20,27,31,33,48H,2,4-7,10,13,15-18,21-25H2,1H3,(H,46,47)/b8-3+/t27-,31+,33-,38+/m0/s1. The lowest BCUT2D eigenvalue weighted by atomic mass is 9.70. The van der Waals surface area contributed by atoms with E-state index in [0.717, 1.165) is 43.2 Å². The van der Waals surface area contributed by atoms with Crippen molar-refractivity contribution in [3.8, 4) is 5.75 Å². The van der Waals surface area contributed by atoms with E-state index in [1.54, 1.807) is 30.1 Å². The number of amides is 1. The average molecular weight is 716 g/mol. The zero-order valence-electron chi connectivity index (χ0n) is 28.7. The van der Waals surface area contributed by atoms with Gasteiger partial charge in [-0.05, 0) is 97.7 Å². The predicted molar refractivity (Wildman–Crippen MR) is 187 cm³/mol. The molecule has 9 nitrogen and oxygen atoms in total. The van der Waals surface area contributed by atoms with Crippen LogP contribution in [0.25, 0.3) is 0 Å². The van der Waals surface area contributed by atoms with Crippen molar-refractivity contribution >= 4 is 29.2 Å². The molecule has 0 radical (unpaired) electrons. The van der Waals surface area contributed by atoms with Crippen LogP contribution in [0.2, 0.25) is 5.02 Å². The number of carboxylic acid groups (broad SMARTS) is 1. The van der Waals surface area contributed by atoms with Gasteiger partial charge in [0, 0.05) is 44.9 Å². The molecule has 2 aromatic rings. The number of alkyl halides is 2. The number of aliphatic hydroxyl groups is 1. The second-order valence-corrected chi connectivity index (χ2v) is 14.9. The number of ether oxygens (including phenoxy) is 2. The van der Waals surface area contributed by atoms with Gasteiger partial charge in [0.2, 0.25) is 5.91 Å². The van der Waals surface area contributed by atoms with Crippen LogP contribution in [0, 0.1) is 11.8 Å². The van der Waals surface area contributed by atoms with E-state index in [2.05, 4.69) is 11.0 Å². The van der Waals surface area contributed by atoms with E-state index < -0.39 is 29.8 Å². The largest absolute Gasteiger partial charge is 0.487 e. The third-order valence-corrected chi connectivity index (χ3v) is 11.0.